The van der Waals surface area contributed by atoms with Crippen molar-refractivity contribution in [2.24, 2.45) is 0 Å². The van der Waals surface area contributed by atoms with Crippen molar-refractivity contribution in [2.45, 2.75) is 25.8 Å². The second-order valence-electron chi connectivity index (χ2n) is 4.27. The van der Waals surface area contributed by atoms with Crippen molar-refractivity contribution in [3.05, 3.63) is 28.2 Å². The summed E-state index contributed by atoms with van der Waals surface area (Å²) in [6.45, 7) is 3.89. The van der Waals surface area contributed by atoms with Gasteiger partial charge in [-0.15, -0.1) is 0 Å². The fourth-order valence-electron chi connectivity index (χ4n) is 1.84. The van der Waals surface area contributed by atoms with E-state index in [1.807, 2.05) is 12.1 Å². The minimum Gasteiger partial charge on any atom is -0.497 e. The van der Waals surface area contributed by atoms with Gasteiger partial charge in [0.15, 0.2) is 0 Å². The van der Waals surface area contributed by atoms with Gasteiger partial charge in [0.1, 0.15) is 5.75 Å². The molecule has 1 atom stereocenters. The van der Waals surface area contributed by atoms with E-state index in [-0.39, 0.29) is 0 Å². The maximum atomic E-state index is 5.26. The van der Waals surface area contributed by atoms with Crippen LogP contribution in [0.1, 0.15) is 18.9 Å². The van der Waals surface area contributed by atoms with E-state index in [0.717, 1.165) is 29.6 Å². The monoisotopic (exact) mass is 315 g/mol. The number of methoxy groups -OCH3 is 2. The Balaban J connectivity index is 2.72. The second-order valence-corrected chi connectivity index (χ2v) is 5.12. The van der Waals surface area contributed by atoms with Gasteiger partial charge in [0.2, 0.25) is 0 Å². The molecule has 0 aliphatic carbocycles. The quantitative estimate of drug-likeness (QED) is 0.800. The van der Waals surface area contributed by atoms with Crippen molar-refractivity contribution in [1.29, 1.82) is 0 Å². The first-order valence-electron chi connectivity index (χ1n) is 6.26. The zero-order valence-corrected chi connectivity index (χ0v) is 12.9. The third kappa shape index (κ3) is 4.96. The number of hydrogen-bond donors (Lipinski definition) is 1. The third-order valence-corrected chi connectivity index (χ3v) is 3.54. The number of hydrogen-bond acceptors (Lipinski definition) is 3. The van der Waals surface area contributed by atoms with Gasteiger partial charge < -0.3 is 14.8 Å². The minimum absolute atomic E-state index is 0.332. The van der Waals surface area contributed by atoms with Gasteiger partial charge in [0, 0.05) is 17.6 Å². The van der Waals surface area contributed by atoms with Crippen molar-refractivity contribution in [2.75, 3.05) is 27.4 Å². The van der Waals surface area contributed by atoms with Gasteiger partial charge in [0.05, 0.1) is 13.7 Å². The number of halogens is 1. The molecule has 0 saturated heterocycles. The van der Waals surface area contributed by atoms with E-state index >= 15 is 0 Å². The van der Waals surface area contributed by atoms with Crippen molar-refractivity contribution >= 4 is 15.9 Å². The second kappa shape index (κ2) is 8.51. The standard InChI is InChI=1S/C14H22BrNO2/c1-4-7-16-12(10-17-2)8-11-9-13(18-3)5-6-14(11)15/h5-6,9,12,16H,4,7-8,10H2,1-3H3. The Hall–Kier alpha value is -0.580. The summed E-state index contributed by atoms with van der Waals surface area (Å²) in [7, 11) is 3.43. The Kier molecular flexibility index (Phi) is 7.32. The molecule has 0 bridgehead atoms. The Morgan fingerprint density at radius 1 is 1.33 bits per heavy atom. The number of rotatable bonds is 8. The van der Waals surface area contributed by atoms with Crippen LogP contribution >= 0.6 is 15.9 Å². The van der Waals surface area contributed by atoms with E-state index in [4.69, 9.17) is 9.47 Å². The average molecular weight is 316 g/mol. The molecule has 0 saturated carbocycles. The number of nitrogens with one attached hydrogen (secondary N) is 1. The van der Waals surface area contributed by atoms with Gasteiger partial charge in [-0.3, -0.25) is 0 Å². The summed E-state index contributed by atoms with van der Waals surface area (Å²) in [5, 5.41) is 3.50. The van der Waals surface area contributed by atoms with Gasteiger partial charge in [-0.1, -0.05) is 22.9 Å². The smallest absolute Gasteiger partial charge is 0.119 e. The van der Waals surface area contributed by atoms with Crippen LogP contribution in [0.15, 0.2) is 22.7 Å². The van der Waals surface area contributed by atoms with Crippen LogP contribution in [0.3, 0.4) is 0 Å². The molecule has 3 nitrogen and oxygen atoms in total. The Labute approximate surface area is 118 Å². The maximum Gasteiger partial charge on any atom is 0.119 e. The molecule has 1 rings (SSSR count). The summed E-state index contributed by atoms with van der Waals surface area (Å²) in [6.07, 6.45) is 2.05. The molecule has 0 aromatic heterocycles. The lowest BCUT2D eigenvalue weighted by molar-refractivity contribution is 0.166. The van der Waals surface area contributed by atoms with Crippen LogP contribution < -0.4 is 10.1 Å². The van der Waals surface area contributed by atoms with Crippen molar-refractivity contribution < 1.29 is 9.47 Å². The zero-order chi connectivity index (χ0) is 13.4. The molecule has 0 amide bonds. The van der Waals surface area contributed by atoms with Crippen LogP contribution in [0.25, 0.3) is 0 Å². The molecular formula is C14H22BrNO2. The summed E-state index contributed by atoms with van der Waals surface area (Å²) < 4.78 is 11.6. The van der Waals surface area contributed by atoms with Crippen LogP contribution in [0, 0.1) is 0 Å². The predicted octanol–water partition coefficient (Wildman–Crippen LogP) is 3.01. The van der Waals surface area contributed by atoms with Gasteiger partial charge in [-0.2, -0.15) is 0 Å². The molecule has 0 spiro atoms. The maximum absolute atomic E-state index is 5.26. The molecule has 1 N–H and O–H groups in total. The molecule has 102 valence electrons. The lowest BCUT2D eigenvalue weighted by Gasteiger charge is -2.18. The normalized spacial score (nSPS) is 12.4. The highest BCUT2D eigenvalue weighted by Crippen LogP contribution is 2.23. The Bertz CT molecular complexity index is 358. The van der Waals surface area contributed by atoms with E-state index in [9.17, 15) is 0 Å². The van der Waals surface area contributed by atoms with Gasteiger partial charge in [-0.05, 0) is 43.1 Å². The zero-order valence-electron chi connectivity index (χ0n) is 11.3. The van der Waals surface area contributed by atoms with E-state index in [2.05, 4.69) is 34.2 Å². The van der Waals surface area contributed by atoms with E-state index in [1.165, 1.54) is 5.56 Å². The van der Waals surface area contributed by atoms with E-state index in [0.29, 0.717) is 12.6 Å². The average Bonchev–Trinajstić information content (AvgIpc) is 2.38. The Morgan fingerprint density at radius 2 is 2.11 bits per heavy atom. The first-order valence-corrected chi connectivity index (χ1v) is 7.05. The summed E-state index contributed by atoms with van der Waals surface area (Å²) in [5.41, 5.74) is 1.24. The fraction of sp³-hybridized carbons (Fsp3) is 0.571. The lowest BCUT2D eigenvalue weighted by atomic mass is 10.1. The molecule has 1 unspecified atom stereocenters. The summed E-state index contributed by atoms with van der Waals surface area (Å²) in [4.78, 5) is 0. The molecule has 0 aliphatic rings. The highest BCUT2D eigenvalue weighted by Gasteiger charge is 2.11. The molecule has 1 aromatic rings. The molecule has 4 heteroatoms. The fourth-order valence-corrected chi connectivity index (χ4v) is 2.25. The van der Waals surface area contributed by atoms with Crippen molar-refractivity contribution in [1.82, 2.24) is 5.32 Å². The lowest BCUT2D eigenvalue weighted by Crippen LogP contribution is -2.35. The summed E-state index contributed by atoms with van der Waals surface area (Å²) in [6, 6.07) is 6.38. The van der Waals surface area contributed by atoms with Crippen molar-refractivity contribution in [3.63, 3.8) is 0 Å². The van der Waals surface area contributed by atoms with Crippen molar-refractivity contribution in [3.8, 4) is 5.75 Å². The SMILES string of the molecule is CCCNC(COC)Cc1cc(OC)ccc1Br. The largest absolute Gasteiger partial charge is 0.497 e. The molecule has 0 radical (unpaired) electrons. The van der Waals surface area contributed by atoms with Crippen LogP contribution in [0.4, 0.5) is 0 Å². The first kappa shape index (κ1) is 15.5. The predicted molar refractivity (Wildman–Crippen MR) is 78.4 cm³/mol. The van der Waals surface area contributed by atoms with Gasteiger partial charge >= 0.3 is 0 Å². The summed E-state index contributed by atoms with van der Waals surface area (Å²) >= 11 is 3.58. The Morgan fingerprint density at radius 3 is 2.72 bits per heavy atom. The summed E-state index contributed by atoms with van der Waals surface area (Å²) in [5.74, 6) is 0.889. The minimum atomic E-state index is 0.332. The number of ether oxygens (including phenoxy) is 2. The molecule has 18 heavy (non-hydrogen) atoms. The van der Waals surface area contributed by atoms with E-state index in [1.54, 1.807) is 14.2 Å². The topological polar surface area (TPSA) is 30.5 Å². The van der Waals surface area contributed by atoms with Crippen LogP contribution in [-0.4, -0.2) is 33.4 Å². The third-order valence-electron chi connectivity index (χ3n) is 2.77. The molecule has 0 heterocycles. The van der Waals surface area contributed by atoms with Crippen LogP contribution in [-0.2, 0) is 11.2 Å². The highest BCUT2D eigenvalue weighted by molar-refractivity contribution is 9.10. The highest BCUT2D eigenvalue weighted by atomic mass is 79.9. The van der Waals surface area contributed by atoms with Gasteiger partial charge in [-0.25, -0.2) is 0 Å². The molecular weight excluding hydrogens is 294 g/mol. The van der Waals surface area contributed by atoms with E-state index < -0.39 is 0 Å². The van der Waals surface area contributed by atoms with Gasteiger partial charge in [0.25, 0.3) is 0 Å². The molecule has 0 fully saturated rings. The first-order chi connectivity index (χ1) is 8.71. The number of benzene rings is 1. The molecule has 0 aliphatic heterocycles. The van der Waals surface area contributed by atoms with Crippen LogP contribution in [0.5, 0.6) is 5.75 Å². The molecule has 1 aromatic carbocycles. The van der Waals surface area contributed by atoms with Crippen LogP contribution in [0.2, 0.25) is 0 Å².